The minimum atomic E-state index is -0.00623. The van der Waals surface area contributed by atoms with Crippen LogP contribution in [0, 0.1) is 22.7 Å². The minimum absolute atomic E-state index is 0.00623. The molecule has 5 nitrogen and oxygen atoms in total. The van der Waals surface area contributed by atoms with E-state index in [-0.39, 0.29) is 6.04 Å². The Morgan fingerprint density at radius 1 is 1.32 bits per heavy atom. The molecule has 0 spiro atoms. The normalized spacial score (nSPS) is 18.5. The van der Waals surface area contributed by atoms with Gasteiger partial charge in [0.05, 0.1) is 12.1 Å². The molecule has 0 bridgehead atoms. The van der Waals surface area contributed by atoms with Crippen molar-refractivity contribution in [2.75, 3.05) is 26.2 Å². The lowest BCUT2D eigenvalue weighted by Gasteiger charge is -2.35. The van der Waals surface area contributed by atoms with Crippen LogP contribution in [0.15, 0.2) is 18.3 Å². The molecule has 98 valence electrons. The summed E-state index contributed by atoms with van der Waals surface area (Å²) in [7, 11) is 0. The fourth-order valence-electron chi connectivity index (χ4n) is 2.28. The molecule has 1 aromatic heterocycles. The predicted molar refractivity (Wildman–Crippen MR) is 70.9 cm³/mol. The van der Waals surface area contributed by atoms with Crippen LogP contribution in [0.2, 0.25) is 0 Å². The number of hydrogen-bond acceptors (Lipinski definition) is 5. The van der Waals surface area contributed by atoms with Crippen LogP contribution in [0.25, 0.3) is 0 Å². The van der Waals surface area contributed by atoms with Crippen LogP contribution >= 0.6 is 0 Å². The maximum absolute atomic E-state index is 8.90. The Labute approximate surface area is 113 Å². The smallest absolute Gasteiger partial charge is 0.140 e. The zero-order valence-corrected chi connectivity index (χ0v) is 11.1. The van der Waals surface area contributed by atoms with Crippen LogP contribution in [0.3, 0.4) is 0 Å². The number of piperazine rings is 1. The Balaban J connectivity index is 1.89. The van der Waals surface area contributed by atoms with E-state index in [1.807, 2.05) is 19.1 Å². The largest absolute Gasteiger partial charge is 0.297 e. The maximum atomic E-state index is 8.90. The van der Waals surface area contributed by atoms with E-state index in [2.05, 4.69) is 26.9 Å². The van der Waals surface area contributed by atoms with E-state index in [0.29, 0.717) is 5.69 Å². The summed E-state index contributed by atoms with van der Waals surface area (Å²) in [5, 5.41) is 17.7. The number of pyridine rings is 1. The first-order chi connectivity index (χ1) is 9.22. The van der Waals surface area contributed by atoms with Crippen molar-refractivity contribution in [1.82, 2.24) is 14.8 Å². The van der Waals surface area contributed by atoms with Gasteiger partial charge >= 0.3 is 0 Å². The Bertz CT molecular complexity index is 505. The summed E-state index contributed by atoms with van der Waals surface area (Å²) in [6.45, 7) is 6.53. The number of nitrogens with zero attached hydrogens (tertiary/aromatic N) is 5. The molecule has 0 amide bonds. The summed E-state index contributed by atoms with van der Waals surface area (Å²) < 4.78 is 0. The van der Waals surface area contributed by atoms with Gasteiger partial charge in [-0.15, -0.1) is 0 Å². The van der Waals surface area contributed by atoms with Crippen molar-refractivity contribution >= 4 is 0 Å². The van der Waals surface area contributed by atoms with Gasteiger partial charge in [-0.25, -0.2) is 4.98 Å². The zero-order chi connectivity index (χ0) is 13.7. The van der Waals surface area contributed by atoms with Crippen molar-refractivity contribution in [2.24, 2.45) is 0 Å². The van der Waals surface area contributed by atoms with Crippen molar-refractivity contribution < 1.29 is 0 Å². The van der Waals surface area contributed by atoms with Gasteiger partial charge in [0.2, 0.25) is 0 Å². The van der Waals surface area contributed by atoms with Crippen LogP contribution in [0.1, 0.15) is 18.2 Å². The number of rotatable bonds is 3. The summed E-state index contributed by atoms with van der Waals surface area (Å²) in [6, 6.07) is 8.12. The number of hydrogen-bond donors (Lipinski definition) is 0. The molecular formula is C14H17N5. The van der Waals surface area contributed by atoms with Gasteiger partial charge in [-0.3, -0.25) is 9.80 Å². The topological polar surface area (TPSA) is 67.0 Å². The quantitative estimate of drug-likeness (QED) is 0.805. The molecule has 0 aromatic carbocycles. The lowest BCUT2D eigenvalue weighted by molar-refractivity contribution is 0.114. The Hall–Kier alpha value is -1.95. The van der Waals surface area contributed by atoms with E-state index in [1.54, 1.807) is 6.20 Å². The van der Waals surface area contributed by atoms with Gasteiger partial charge in [0, 0.05) is 38.9 Å². The molecule has 1 atom stereocenters. The highest BCUT2D eigenvalue weighted by Gasteiger charge is 2.20. The van der Waals surface area contributed by atoms with Crippen LogP contribution in [0.5, 0.6) is 0 Å². The molecule has 5 heteroatoms. The Morgan fingerprint density at radius 2 is 2.05 bits per heavy atom. The van der Waals surface area contributed by atoms with Crippen LogP contribution in [-0.4, -0.2) is 47.0 Å². The van der Waals surface area contributed by atoms with E-state index >= 15 is 0 Å². The number of aromatic nitrogens is 1. The summed E-state index contributed by atoms with van der Waals surface area (Å²) in [5.74, 6) is 0. The lowest BCUT2D eigenvalue weighted by Crippen LogP contribution is -2.48. The van der Waals surface area contributed by atoms with Crippen molar-refractivity contribution in [3.63, 3.8) is 0 Å². The first-order valence-corrected chi connectivity index (χ1v) is 6.44. The molecule has 1 aromatic rings. The second-order valence-corrected chi connectivity index (χ2v) is 4.78. The summed E-state index contributed by atoms with van der Waals surface area (Å²) in [4.78, 5) is 8.52. The molecule has 1 unspecified atom stereocenters. The maximum Gasteiger partial charge on any atom is 0.140 e. The van der Waals surface area contributed by atoms with Crippen LogP contribution in [-0.2, 0) is 6.54 Å². The Kier molecular flexibility index (Phi) is 4.46. The van der Waals surface area contributed by atoms with Gasteiger partial charge in [-0.05, 0) is 24.6 Å². The highest BCUT2D eigenvalue weighted by molar-refractivity contribution is 5.25. The predicted octanol–water partition coefficient (Wildman–Crippen LogP) is 0.983. The van der Waals surface area contributed by atoms with E-state index in [1.165, 1.54) is 0 Å². The molecule has 0 radical (unpaired) electrons. The summed E-state index contributed by atoms with van der Waals surface area (Å²) in [6.07, 6.45) is 1.68. The third kappa shape index (κ3) is 3.51. The molecule has 19 heavy (non-hydrogen) atoms. The molecule has 1 aliphatic heterocycles. The fraction of sp³-hybridized carbons (Fsp3) is 0.500. The molecule has 2 rings (SSSR count). The van der Waals surface area contributed by atoms with E-state index < -0.39 is 0 Å². The van der Waals surface area contributed by atoms with Gasteiger partial charge in [-0.1, -0.05) is 0 Å². The monoisotopic (exact) mass is 255 g/mol. The fourth-order valence-corrected chi connectivity index (χ4v) is 2.28. The average Bonchev–Trinajstić information content (AvgIpc) is 2.47. The van der Waals surface area contributed by atoms with Crippen LogP contribution in [0.4, 0.5) is 0 Å². The molecule has 0 saturated carbocycles. The average molecular weight is 255 g/mol. The second-order valence-electron chi connectivity index (χ2n) is 4.78. The molecule has 1 fully saturated rings. The van der Waals surface area contributed by atoms with Gasteiger partial charge in [0.1, 0.15) is 11.8 Å². The highest BCUT2D eigenvalue weighted by Crippen LogP contribution is 2.10. The first kappa shape index (κ1) is 13.5. The standard InChI is InChI=1S/C14H17N5/c1-12(9-15)19-6-4-18(5-7-19)11-13-2-3-17-14(8-13)10-16/h2-3,8,12H,4-7,11H2,1H3. The van der Waals surface area contributed by atoms with E-state index in [9.17, 15) is 0 Å². The third-order valence-electron chi connectivity index (χ3n) is 3.49. The highest BCUT2D eigenvalue weighted by atomic mass is 15.3. The zero-order valence-electron chi connectivity index (χ0n) is 11.1. The van der Waals surface area contributed by atoms with E-state index in [0.717, 1.165) is 38.3 Å². The molecular weight excluding hydrogens is 238 g/mol. The lowest BCUT2D eigenvalue weighted by atomic mass is 10.2. The third-order valence-corrected chi connectivity index (χ3v) is 3.49. The molecule has 0 N–H and O–H groups in total. The Morgan fingerprint density at radius 3 is 2.68 bits per heavy atom. The van der Waals surface area contributed by atoms with Crippen molar-refractivity contribution in [1.29, 1.82) is 10.5 Å². The van der Waals surface area contributed by atoms with Gasteiger partial charge < -0.3 is 0 Å². The minimum Gasteiger partial charge on any atom is -0.297 e. The van der Waals surface area contributed by atoms with E-state index in [4.69, 9.17) is 10.5 Å². The summed E-state index contributed by atoms with van der Waals surface area (Å²) >= 11 is 0. The molecule has 1 saturated heterocycles. The molecule has 1 aliphatic rings. The van der Waals surface area contributed by atoms with Crippen molar-refractivity contribution in [3.8, 4) is 12.1 Å². The molecule has 0 aliphatic carbocycles. The van der Waals surface area contributed by atoms with Gasteiger partial charge in [0.15, 0.2) is 0 Å². The first-order valence-electron chi connectivity index (χ1n) is 6.44. The van der Waals surface area contributed by atoms with Gasteiger partial charge in [-0.2, -0.15) is 10.5 Å². The van der Waals surface area contributed by atoms with Crippen LogP contribution < -0.4 is 0 Å². The SMILES string of the molecule is CC(C#N)N1CCN(Cc2ccnc(C#N)c2)CC1. The summed E-state index contributed by atoms with van der Waals surface area (Å²) in [5.41, 5.74) is 1.59. The number of nitriles is 2. The second kappa shape index (κ2) is 6.29. The van der Waals surface area contributed by atoms with Gasteiger partial charge in [0.25, 0.3) is 0 Å². The van der Waals surface area contributed by atoms with Crippen molar-refractivity contribution in [3.05, 3.63) is 29.6 Å². The van der Waals surface area contributed by atoms with Crippen molar-refractivity contribution in [2.45, 2.75) is 19.5 Å². The molecule has 2 heterocycles.